The lowest BCUT2D eigenvalue weighted by atomic mass is 10.1. The molecule has 0 spiro atoms. The molecule has 1 aromatic heterocycles. The van der Waals surface area contributed by atoms with E-state index in [4.69, 9.17) is 17.0 Å². The molecule has 3 nitrogen and oxygen atoms in total. The topological polar surface area (TPSA) is 29.9 Å². The van der Waals surface area contributed by atoms with E-state index in [9.17, 15) is 0 Å². The van der Waals surface area contributed by atoms with Crippen LogP contribution < -0.4 is 0 Å². The highest BCUT2D eigenvalue weighted by atomic mass is 32.1. The number of nitrogens with zero attached hydrogens (tertiary/aromatic N) is 1. The number of aromatic amines is 1. The lowest BCUT2D eigenvalue weighted by Crippen LogP contribution is -2.15. The Labute approximate surface area is 113 Å². The average molecular weight is 264 g/mol. The third kappa shape index (κ3) is 2.35. The van der Waals surface area contributed by atoms with Crippen LogP contribution in [0.25, 0.3) is 11.0 Å². The first kappa shape index (κ1) is 13.3. The molecule has 0 saturated carbocycles. The van der Waals surface area contributed by atoms with Crippen molar-refractivity contribution in [3.8, 4) is 0 Å². The second-order valence-corrected chi connectivity index (χ2v) is 5.06. The summed E-state index contributed by atoms with van der Waals surface area (Å²) < 4.78 is 8.35. The van der Waals surface area contributed by atoms with Crippen molar-refractivity contribution in [1.29, 1.82) is 0 Å². The van der Waals surface area contributed by atoms with Gasteiger partial charge in [0.25, 0.3) is 0 Å². The molecular weight excluding hydrogens is 244 g/mol. The first-order chi connectivity index (χ1) is 8.69. The van der Waals surface area contributed by atoms with Gasteiger partial charge in [0.15, 0.2) is 4.77 Å². The number of benzene rings is 1. The maximum atomic E-state index is 5.47. The van der Waals surface area contributed by atoms with Gasteiger partial charge in [-0.15, -0.1) is 0 Å². The van der Waals surface area contributed by atoms with E-state index in [1.54, 1.807) is 7.11 Å². The van der Waals surface area contributed by atoms with Gasteiger partial charge in [-0.3, -0.25) is 0 Å². The molecule has 1 unspecified atom stereocenters. The Kier molecular flexibility index (Phi) is 4.19. The van der Waals surface area contributed by atoms with Crippen LogP contribution in [0.3, 0.4) is 0 Å². The number of fused-ring (bicyclic) bond motifs is 1. The number of aryl methyl sites for hydroxylation is 1. The molecule has 4 heteroatoms. The fourth-order valence-corrected chi connectivity index (χ4v) is 2.87. The van der Waals surface area contributed by atoms with Crippen molar-refractivity contribution in [3.05, 3.63) is 28.5 Å². The van der Waals surface area contributed by atoms with Gasteiger partial charge in [-0.1, -0.05) is 25.5 Å². The summed E-state index contributed by atoms with van der Waals surface area (Å²) in [5, 5.41) is 0. The molecule has 98 valence electrons. The highest BCUT2D eigenvalue weighted by Crippen LogP contribution is 2.25. The van der Waals surface area contributed by atoms with Gasteiger partial charge in [0, 0.05) is 7.11 Å². The Morgan fingerprint density at radius 3 is 2.89 bits per heavy atom. The molecule has 0 aliphatic carbocycles. The minimum atomic E-state index is 0.308. The summed E-state index contributed by atoms with van der Waals surface area (Å²) in [5.41, 5.74) is 3.56. The SMILES string of the molecule is CCCC(COC)n1c(=S)[nH]c2cccc(C)c21. The minimum absolute atomic E-state index is 0.308. The maximum absolute atomic E-state index is 5.47. The summed E-state index contributed by atoms with van der Waals surface area (Å²) in [6.07, 6.45) is 2.19. The lowest BCUT2D eigenvalue weighted by Gasteiger charge is -2.18. The van der Waals surface area contributed by atoms with Gasteiger partial charge in [-0.25, -0.2) is 0 Å². The second kappa shape index (κ2) is 5.67. The van der Waals surface area contributed by atoms with Gasteiger partial charge < -0.3 is 14.3 Å². The van der Waals surface area contributed by atoms with Gasteiger partial charge in [0.2, 0.25) is 0 Å². The first-order valence-electron chi connectivity index (χ1n) is 6.37. The van der Waals surface area contributed by atoms with E-state index in [1.807, 2.05) is 0 Å². The van der Waals surface area contributed by atoms with Crippen LogP contribution in [0, 0.1) is 11.7 Å². The van der Waals surface area contributed by atoms with Crippen molar-refractivity contribution >= 4 is 23.3 Å². The van der Waals surface area contributed by atoms with Gasteiger partial charge in [-0.2, -0.15) is 0 Å². The normalized spacial score (nSPS) is 13.1. The molecule has 0 radical (unpaired) electrons. The van der Waals surface area contributed by atoms with Gasteiger partial charge in [0.05, 0.1) is 23.7 Å². The molecule has 2 rings (SSSR count). The van der Waals surface area contributed by atoms with Crippen LogP contribution in [0.5, 0.6) is 0 Å². The van der Waals surface area contributed by atoms with Crippen LogP contribution in [-0.4, -0.2) is 23.3 Å². The molecular formula is C14H20N2OS. The fourth-order valence-electron chi connectivity index (χ4n) is 2.52. The van der Waals surface area contributed by atoms with Crippen LogP contribution in [-0.2, 0) is 4.74 Å². The van der Waals surface area contributed by atoms with E-state index in [0.29, 0.717) is 12.6 Å². The predicted molar refractivity (Wildman–Crippen MR) is 77.7 cm³/mol. The van der Waals surface area contributed by atoms with Crippen molar-refractivity contribution in [2.24, 2.45) is 0 Å². The van der Waals surface area contributed by atoms with Crippen molar-refractivity contribution < 1.29 is 4.74 Å². The van der Waals surface area contributed by atoms with Crippen LogP contribution >= 0.6 is 12.2 Å². The Morgan fingerprint density at radius 1 is 1.44 bits per heavy atom. The number of hydrogen-bond donors (Lipinski definition) is 1. The minimum Gasteiger partial charge on any atom is -0.383 e. The molecule has 0 bridgehead atoms. The van der Waals surface area contributed by atoms with Gasteiger partial charge in [0.1, 0.15) is 0 Å². The Hall–Kier alpha value is -1.13. The number of ether oxygens (including phenoxy) is 1. The summed E-state index contributed by atoms with van der Waals surface area (Å²) in [7, 11) is 1.74. The van der Waals surface area contributed by atoms with E-state index in [-0.39, 0.29) is 0 Å². The maximum Gasteiger partial charge on any atom is 0.178 e. The highest BCUT2D eigenvalue weighted by Gasteiger charge is 2.15. The fraction of sp³-hybridized carbons (Fsp3) is 0.500. The number of aromatic nitrogens is 2. The average Bonchev–Trinajstić information content (AvgIpc) is 2.66. The summed E-state index contributed by atoms with van der Waals surface area (Å²) in [4.78, 5) is 3.29. The number of para-hydroxylation sites is 1. The smallest absolute Gasteiger partial charge is 0.178 e. The van der Waals surface area contributed by atoms with Crippen LogP contribution in [0.1, 0.15) is 31.4 Å². The van der Waals surface area contributed by atoms with Crippen molar-refractivity contribution in [3.63, 3.8) is 0 Å². The molecule has 0 aliphatic rings. The number of H-pyrrole nitrogens is 1. The molecule has 1 heterocycles. The number of imidazole rings is 1. The summed E-state index contributed by atoms with van der Waals surface area (Å²) in [6, 6.07) is 6.56. The van der Waals surface area contributed by atoms with Crippen LogP contribution in [0.15, 0.2) is 18.2 Å². The molecule has 0 aliphatic heterocycles. The molecule has 1 aromatic carbocycles. The summed E-state index contributed by atoms with van der Waals surface area (Å²) in [5.74, 6) is 0. The number of methoxy groups -OCH3 is 1. The zero-order valence-electron chi connectivity index (χ0n) is 11.2. The molecule has 1 N–H and O–H groups in total. The molecule has 0 fully saturated rings. The van der Waals surface area contributed by atoms with Crippen molar-refractivity contribution in [1.82, 2.24) is 9.55 Å². The predicted octanol–water partition coefficient (Wildman–Crippen LogP) is 3.99. The zero-order chi connectivity index (χ0) is 13.1. The molecule has 0 amide bonds. The van der Waals surface area contributed by atoms with Crippen molar-refractivity contribution in [2.75, 3.05) is 13.7 Å². The quantitative estimate of drug-likeness (QED) is 0.827. The summed E-state index contributed by atoms with van der Waals surface area (Å²) >= 11 is 5.47. The lowest BCUT2D eigenvalue weighted by molar-refractivity contribution is 0.151. The number of rotatable bonds is 5. The molecule has 2 aromatic rings. The zero-order valence-corrected chi connectivity index (χ0v) is 12.0. The van der Waals surface area contributed by atoms with E-state index < -0.39 is 0 Å². The van der Waals surface area contributed by atoms with E-state index >= 15 is 0 Å². The molecule has 0 saturated heterocycles. The van der Waals surface area contributed by atoms with Gasteiger partial charge in [-0.05, 0) is 37.2 Å². The van der Waals surface area contributed by atoms with Crippen molar-refractivity contribution in [2.45, 2.75) is 32.7 Å². The van der Waals surface area contributed by atoms with E-state index in [2.05, 4.69) is 41.6 Å². The standard InChI is InChI=1S/C14H20N2OS/c1-4-6-11(9-17-3)16-13-10(2)7-5-8-12(13)15-14(16)18/h5,7-8,11H,4,6,9H2,1-3H3,(H,15,18). The Morgan fingerprint density at radius 2 is 2.22 bits per heavy atom. The monoisotopic (exact) mass is 264 g/mol. The third-order valence-corrected chi connectivity index (χ3v) is 3.58. The molecule has 1 atom stereocenters. The first-order valence-corrected chi connectivity index (χ1v) is 6.78. The van der Waals surface area contributed by atoms with E-state index in [0.717, 1.165) is 23.1 Å². The Bertz CT molecular complexity index is 579. The number of hydrogen-bond acceptors (Lipinski definition) is 2. The summed E-state index contributed by atoms with van der Waals surface area (Å²) in [6.45, 7) is 5.01. The van der Waals surface area contributed by atoms with Crippen LogP contribution in [0.4, 0.5) is 0 Å². The highest BCUT2D eigenvalue weighted by molar-refractivity contribution is 7.71. The second-order valence-electron chi connectivity index (χ2n) is 4.67. The van der Waals surface area contributed by atoms with Gasteiger partial charge >= 0.3 is 0 Å². The number of nitrogens with one attached hydrogen (secondary N) is 1. The van der Waals surface area contributed by atoms with E-state index in [1.165, 1.54) is 11.1 Å². The molecule has 18 heavy (non-hydrogen) atoms. The van der Waals surface area contributed by atoms with Crippen LogP contribution in [0.2, 0.25) is 0 Å². The largest absolute Gasteiger partial charge is 0.383 e. The Balaban J connectivity index is 2.60. The third-order valence-electron chi connectivity index (χ3n) is 3.29.